The molecule has 1 fully saturated rings. The van der Waals surface area contributed by atoms with Gasteiger partial charge in [-0.3, -0.25) is 10.1 Å². The largest absolute Gasteiger partial charge is 0.302 e. The van der Waals surface area contributed by atoms with Crippen LogP contribution in [-0.4, -0.2) is 49.4 Å². The summed E-state index contributed by atoms with van der Waals surface area (Å²) in [5, 5.41) is 10.6. The summed E-state index contributed by atoms with van der Waals surface area (Å²) in [6.45, 7) is 2.16. The van der Waals surface area contributed by atoms with E-state index >= 15 is 0 Å². The van der Waals surface area contributed by atoms with Gasteiger partial charge in [-0.25, -0.2) is 8.42 Å². The predicted molar refractivity (Wildman–Crippen MR) is 76.5 cm³/mol. The molecule has 1 aliphatic heterocycles. The third-order valence-electron chi connectivity index (χ3n) is 3.51. The monoisotopic (exact) mass is 298 g/mol. The molecule has 0 saturated carbocycles. The Hall–Kier alpha value is -1.47. The van der Waals surface area contributed by atoms with Gasteiger partial charge in [0.15, 0.2) is 9.84 Å². The predicted octanol–water partition coefficient (Wildman–Crippen LogP) is 1.26. The summed E-state index contributed by atoms with van der Waals surface area (Å²) < 4.78 is 23.0. The van der Waals surface area contributed by atoms with Crippen molar-refractivity contribution < 1.29 is 13.3 Å². The van der Waals surface area contributed by atoms with Crippen molar-refractivity contribution in [2.24, 2.45) is 0 Å². The van der Waals surface area contributed by atoms with E-state index in [1.807, 2.05) is 0 Å². The molecule has 1 aromatic rings. The molecule has 2 rings (SSSR count). The zero-order chi connectivity index (χ0) is 14.6. The van der Waals surface area contributed by atoms with Crippen molar-refractivity contribution >= 4 is 15.5 Å². The van der Waals surface area contributed by atoms with Crippen LogP contribution in [0.3, 0.4) is 0 Å². The number of rotatable bonds is 4. The van der Waals surface area contributed by atoms with Gasteiger partial charge in [0.1, 0.15) is 0 Å². The molecule has 0 unspecified atom stereocenters. The van der Waals surface area contributed by atoms with Crippen molar-refractivity contribution in [3.63, 3.8) is 0 Å². The number of benzene rings is 1. The fraction of sp³-hybridized carbons (Fsp3) is 0.538. The normalized spacial score (nSPS) is 19.4. The third-order valence-corrected chi connectivity index (χ3v) is 5.23. The van der Waals surface area contributed by atoms with Crippen molar-refractivity contribution in [3.05, 3.63) is 39.9 Å². The fourth-order valence-corrected chi connectivity index (χ4v) is 3.59. The van der Waals surface area contributed by atoms with E-state index in [1.165, 1.54) is 12.1 Å². The Kier molecular flexibility index (Phi) is 4.72. The summed E-state index contributed by atoms with van der Waals surface area (Å²) in [6, 6.07) is 6.52. The Labute approximate surface area is 118 Å². The molecule has 110 valence electrons. The van der Waals surface area contributed by atoms with E-state index < -0.39 is 14.8 Å². The van der Waals surface area contributed by atoms with Gasteiger partial charge >= 0.3 is 0 Å². The van der Waals surface area contributed by atoms with E-state index in [4.69, 9.17) is 0 Å². The molecule has 1 saturated heterocycles. The van der Waals surface area contributed by atoms with Crippen LogP contribution in [0.25, 0.3) is 0 Å². The molecule has 1 heterocycles. The lowest BCUT2D eigenvalue weighted by Gasteiger charge is -2.18. The maximum atomic E-state index is 11.5. The molecule has 20 heavy (non-hydrogen) atoms. The van der Waals surface area contributed by atoms with Crippen LogP contribution in [0.4, 0.5) is 5.69 Å². The lowest BCUT2D eigenvalue weighted by atomic mass is 10.1. The van der Waals surface area contributed by atoms with Crippen LogP contribution in [0.2, 0.25) is 0 Å². The summed E-state index contributed by atoms with van der Waals surface area (Å²) in [6.07, 6.45) is 1.46. The Morgan fingerprint density at radius 2 is 1.85 bits per heavy atom. The van der Waals surface area contributed by atoms with E-state index in [-0.39, 0.29) is 17.2 Å². The second-order valence-electron chi connectivity index (χ2n) is 5.02. The lowest BCUT2D eigenvalue weighted by Crippen LogP contribution is -2.29. The molecule has 0 N–H and O–H groups in total. The van der Waals surface area contributed by atoms with Gasteiger partial charge in [0, 0.05) is 25.2 Å². The second kappa shape index (κ2) is 6.32. The number of nitro benzene ring substituents is 1. The van der Waals surface area contributed by atoms with Crippen molar-refractivity contribution in [3.8, 4) is 0 Å². The van der Waals surface area contributed by atoms with Crippen LogP contribution >= 0.6 is 0 Å². The molecule has 0 radical (unpaired) electrons. The molecule has 0 spiro atoms. The third kappa shape index (κ3) is 4.28. The minimum atomic E-state index is -2.87. The van der Waals surface area contributed by atoms with Gasteiger partial charge in [-0.05, 0) is 24.9 Å². The highest BCUT2D eigenvalue weighted by molar-refractivity contribution is 7.91. The number of non-ortho nitro benzene ring substituents is 1. The van der Waals surface area contributed by atoms with Gasteiger partial charge in [0.05, 0.1) is 16.4 Å². The van der Waals surface area contributed by atoms with Crippen LogP contribution in [-0.2, 0) is 16.3 Å². The number of hydrogen-bond acceptors (Lipinski definition) is 5. The SMILES string of the molecule is O=[N+]([O-])c1ccc(CCN2CCCS(=O)(=O)CC2)cc1. The first kappa shape index (κ1) is 14.9. The quantitative estimate of drug-likeness (QED) is 0.617. The van der Waals surface area contributed by atoms with Crippen molar-refractivity contribution in [2.45, 2.75) is 12.8 Å². The molecular formula is C13H18N2O4S. The maximum Gasteiger partial charge on any atom is 0.269 e. The van der Waals surface area contributed by atoms with Gasteiger partial charge in [-0.1, -0.05) is 12.1 Å². The Bertz CT molecular complexity index is 569. The molecule has 0 amide bonds. The highest BCUT2D eigenvalue weighted by Crippen LogP contribution is 2.13. The highest BCUT2D eigenvalue weighted by atomic mass is 32.2. The zero-order valence-corrected chi connectivity index (χ0v) is 12.0. The molecule has 0 atom stereocenters. The van der Waals surface area contributed by atoms with Crippen LogP contribution < -0.4 is 0 Å². The van der Waals surface area contributed by atoms with Gasteiger partial charge in [0.25, 0.3) is 5.69 Å². The molecule has 1 aromatic carbocycles. The lowest BCUT2D eigenvalue weighted by molar-refractivity contribution is -0.384. The first-order valence-corrected chi connectivity index (χ1v) is 8.44. The molecular weight excluding hydrogens is 280 g/mol. The minimum absolute atomic E-state index is 0.0922. The maximum absolute atomic E-state index is 11.5. The number of hydrogen-bond donors (Lipinski definition) is 0. The number of nitro groups is 1. The van der Waals surface area contributed by atoms with Crippen molar-refractivity contribution in [2.75, 3.05) is 31.1 Å². The highest BCUT2D eigenvalue weighted by Gasteiger charge is 2.18. The van der Waals surface area contributed by atoms with E-state index in [9.17, 15) is 18.5 Å². The van der Waals surface area contributed by atoms with E-state index in [0.717, 1.165) is 25.1 Å². The molecule has 7 heteroatoms. The summed E-state index contributed by atoms with van der Waals surface area (Å²) in [4.78, 5) is 12.3. The molecule has 0 aromatic heterocycles. The zero-order valence-electron chi connectivity index (χ0n) is 11.2. The fourth-order valence-electron chi connectivity index (χ4n) is 2.29. The van der Waals surface area contributed by atoms with Gasteiger partial charge in [-0.15, -0.1) is 0 Å². The summed E-state index contributed by atoms with van der Waals surface area (Å²) in [7, 11) is -2.87. The topological polar surface area (TPSA) is 80.5 Å². The first-order valence-electron chi connectivity index (χ1n) is 6.62. The summed E-state index contributed by atoms with van der Waals surface area (Å²) in [5.41, 5.74) is 1.12. The van der Waals surface area contributed by atoms with E-state index in [2.05, 4.69) is 4.90 Å². The van der Waals surface area contributed by atoms with E-state index in [1.54, 1.807) is 12.1 Å². The van der Waals surface area contributed by atoms with Gasteiger partial charge in [0.2, 0.25) is 0 Å². The second-order valence-corrected chi connectivity index (χ2v) is 7.32. The minimum Gasteiger partial charge on any atom is -0.302 e. The first-order chi connectivity index (χ1) is 9.46. The molecule has 0 aliphatic carbocycles. The van der Waals surface area contributed by atoms with Crippen LogP contribution in [0.5, 0.6) is 0 Å². The van der Waals surface area contributed by atoms with Gasteiger partial charge in [-0.2, -0.15) is 0 Å². The molecule has 1 aliphatic rings. The van der Waals surface area contributed by atoms with Crippen LogP contribution in [0.1, 0.15) is 12.0 Å². The Balaban J connectivity index is 1.87. The van der Waals surface area contributed by atoms with Crippen molar-refractivity contribution in [1.82, 2.24) is 4.90 Å². The Morgan fingerprint density at radius 3 is 2.50 bits per heavy atom. The number of sulfone groups is 1. The number of nitrogens with zero attached hydrogens (tertiary/aromatic N) is 2. The van der Waals surface area contributed by atoms with Gasteiger partial charge < -0.3 is 4.90 Å². The molecule has 6 nitrogen and oxygen atoms in total. The smallest absolute Gasteiger partial charge is 0.269 e. The van der Waals surface area contributed by atoms with Crippen LogP contribution in [0, 0.1) is 10.1 Å². The standard InChI is InChI=1S/C13H18N2O4S/c16-15(17)13-4-2-12(3-5-13)6-8-14-7-1-10-20(18,19)11-9-14/h2-5H,1,6-11H2. The molecule has 0 bridgehead atoms. The average Bonchev–Trinajstić information content (AvgIpc) is 2.58. The Morgan fingerprint density at radius 1 is 1.15 bits per heavy atom. The average molecular weight is 298 g/mol. The summed E-state index contributed by atoms with van der Waals surface area (Å²) in [5.74, 6) is 0.508. The van der Waals surface area contributed by atoms with Crippen LogP contribution in [0.15, 0.2) is 24.3 Å². The van der Waals surface area contributed by atoms with E-state index in [0.29, 0.717) is 13.0 Å². The van der Waals surface area contributed by atoms with Crippen molar-refractivity contribution in [1.29, 1.82) is 0 Å². The summed E-state index contributed by atoms with van der Waals surface area (Å²) >= 11 is 0.